The number of halogens is 1. The van der Waals surface area contributed by atoms with Gasteiger partial charge in [0.1, 0.15) is 11.9 Å². The molecule has 5 nitrogen and oxygen atoms in total. The number of carbonyl (C=O) groups excluding carboxylic acids is 1. The van der Waals surface area contributed by atoms with E-state index in [4.69, 9.17) is 4.74 Å². The molecule has 1 aliphatic carbocycles. The summed E-state index contributed by atoms with van der Waals surface area (Å²) in [6.07, 6.45) is 4.30. The smallest absolute Gasteiger partial charge is 0.228 e. The molecular weight excluding hydrogens is 316 g/mol. The lowest BCUT2D eigenvalue weighted by molar-refractivity contribution is -0.119. The highest BCUT2D eigenvalue weighted by molar-refractivity contribution is 5.92. The van der Waals surface area contributed by atoms with Crippen molar-refractivity contribution in [2.45, 2.75) is 44.3 Å². The van der Waals surface area contributed by atoms with Crippen LogP contribution < -0.4 is 15.4 Å². The molecule has 128 valence electrons. The largest absolute Gasteiger partial charge is 0.488 e. The van der Waals surface area contributed by atoms with Crippen molar-refractivity contribution in [2.24, 2.45) is 5.92 Å². The van der Waals surface area contributed by atoms with Crippen molar-refractivity contribution in [1.82, 2.24) is 5.32 Å². The lowest BCUT2D eigenvalue weighted by atomic mass is 9.95. The van der Waals surface area contributed by atoms with Crippen LogP contribution in [-0.4, -0.2) is 36.3 Å². The molecule has 1 heterocycles. The molecule has 1 aliphatic heterocycles. The number of carbonyl (C=O) groups is 1. The van der Waals surface area contributed by atoms with Crippen molar-refractivity contribution in [2.75, 3.05) is 18.4 Å². The zero-order valence-electron chi connectivity index (χ0n) is 13.2. The van der Waals surface area contributed by atoms with Gasteiger partial charge in [-0.25, -0.2) is 0 Å². The molecule has 1 aromatic rings. The molecule has 3 N–H and O–H groups in total. The second kappa shape index (κ2) is 8.52. The average Bonchev–Trinajstić information content (AvgIpc) is 3.06. The minimum atomic E-state index is -0.372. The number of hydrogen-bond acceptors (Lipinski definition) is 4. The van der Waals surface area contributed by atoms with Gasteiger partial charge in [-0.1, -0.05) is 6.42 Å². The third-order valence-electron chi connectivity index (χ3n) is 4.51. The minimum Gasteiger partial charge on any atom is -0.488 e. The summed E-state index contributed by atoms with van der Waals surface area (Å²) in [4.78, 5) is 12.0. The van der Waals surface area contributed by atoms with E-state index >= 15 is 0 Å². The van der Waals surface area contributed by atoms with Crippen LogP contribution in [0.5, 0.6) is 5.75 Å². The lowest BCUT2D eigenvalue weighted by Crippen LogP contribution is -2.34. The Morgan fingerprint density at radius 3 is 2.57 bits per heavy atom. The Labute approximate surface area is 143 Å². The summed E-state index contributed by atoms with van der Waals surface area (Å²) in [5.74, 6) is 0.876. The van der Waals surface area contributed by atoms with Gasteiger partial charge in [-0.05, 0) is 56.5 Å². The summed E-state index contributed by atoms with van der Waals surface area (Å²) in [6.45, 7) is 1.67. The fourth-order valence-electron chi connectivity index (χ4n) is 3.13. The van der Waals surface area contributed by atoms with E-state index in [1.54, 1.807) is 0 Å². The summed E-state index contributed by atoms with van der Waals surface area (Å²) in [6, 6.07) is 7.41. The maximum absolute atomic E-state index is 12.0. The number of anilines is 1. The van der Waals surface area contributed by atoms with Crippen molar-refractivity contribution in [3.05, 3.63) is 24.3 Å². The van der Waals surface area contributed by atoms with Crippen LogP contribution in [0.15, 0.2) is 24.3 Å². The molecular formula is C17H25ClN2O3. The Balaban J connectivity index is 0.00000192. The van der Waals surface area contributed by atoms with E-state index in [1.165, 1.54) is 0 Å². The van der Waals surface area contributed by atoms with E-state index in [0.717, 1.165) is 56.6 Å². The van der Waals surface area contributed by atoms with E-state index in [0.29, 0.717) is 0 Å². The van der Waals surface area contributed by atoms with Gasteiger partial charge in [0.15, 0.2) is 0 Å². The SMILES string of the molecule is Cl.O=C(Nc1ccc(OC2CCCCC2O)cc1)C1CCNC1. The highest BCUT2D eigenvalue weighted by atomic mass is 35.5. The quantitative estimate of drug-likeness (QED) is 0.786. The van der Waals surface area contributed by atoms with E-state index in [1.807, 2.05) is 24.3 Å². The van der Waals surface area contributed by atoms with Gasteiger partial charge in [0.25, 0.3) is 0 Å². The standard InChI is InChI=1S/C17H24N2O3.ClH/c20-15-3-1-2-4-16(15)22-14-7-5-13(6-8-14)19-17(21)12-9-10-18-11-12;/h5-8,12,15-16,18,20H,1-4,9-11H2,(H,19,21);1H. The zero-order chi connectivity index (χ0) is 15.4. The van der Waals surface area contributed by atoms with Crippen molar-refractivity contribution >= 4 is 24.0 Å². The van der Waals surface area contributed by atoms with Gasteiger partial charge >= 0.3 is 0 Å². The number of nitrogens with one attached hydrogen (secondary N) is 2. The van der Waals surface area contributed by atoms with Crippen LogP contribution in [0, 0.1) is 5.92 Å². The molecule has 3 unspecified atom stereocenters. The molecule has 1 amide bonds. The average molecular weight is 341 g/mol. The third kappa shape index (κ3) is 4.83. The predicted molar refractivity (Wildman–Crippen MR) is 92.2 cm³/mol. The van der Waals surface area contributed by atoms with Crippen LogP contribution in [0.1, 0.15) is 32.1 Å². The van der Waals surface area contributed by atoms with Crippen LogP contribution in [0.2, 0.25) is 0 Å². The molecule has 6 heteroatoms. The summed E-state index contributed by atoms with van der Waals surface area (Å²) >= 11 is 0. The molecule has 1 saturated heterocycles. The van der Waals surface area contributed by atoms with Crippen LogP contribution in [0.25, 0.3) is 0 Å². The highest BCUT2D eigenvalue weighted by Gasteiger charge is 2.25. The van der Waals surface area contributed by atoms with Crippen molar-refractivity contribution in [3.8, 4) is 5.75 Å². The molecule has 1 saturated carbocycles. The first-order valence-electron chi connectivity index (χ1n) is 8.19. The summed E-state index contributed by atoms with van der Waals surface area (Å²) in [5, 5.41) is 16.1. The van der Waals surface area contributed by atoms with Gasteiger partial charge in [-0.2, -0.15) is 0 Å². The number of benzene rings is 1. The van der Waals surface area contributed by atoms with Crippen molar-refractivity contribution in [1.29, 1.82) is 0 Å². The minimum absolute atomic E-state index is 0. The van der Waals surface area contributed by atoms with Gasteiger partial charge in [0.05, 0.1) is 12.0 Å². The van der Waals surface area contributed by atoms with E-state index in [9.17, 15) is 9.90 Å². The maximum Gasteiger partial charge on any atom is 0.228 e. The molecule has 0 aromatic heterocycles. The molecule has 3 atom stereocenters. The summed E-state index contributed by atoms with van der Waals surface area (Å²) in [5.41, 5.74) is 0.786. The Hall–Kier alpha value is -1.30. The first-order chi connectivity index (χ1) is 10.7. The topological polar surface area (TPSA) is 70.6 Å². The van der Waals surface area contributed by atoms with E-state index in [2.05, 4.69) is 10.6 Å². The molecule has 2 fully saturated rings. The Morgan fingerprint density at radius 2 is 1.91 bits per heavy atom. The van der Waals surface area contributed by atoms with E-state index in [-0.39, 0.29) is 36.4 Å². The Morgan fingerprint density at radius 1 is 1.17 bits per heavy atom. The number of amides is 1. The summed E-state index contributed by atoms with van der Waals surface area (Å²) < 4.78 is 5.85. The van der Waals surface area contributed by atoms with E-state index < -0.39 is 0 Å². The van der Waals surface area contributed by atoms with Crippen molar-refractivity contribution < 1.29 is 14.6 Å². The second-order valence-corrected chi connectivity index (χ2v) is 6.21. The van der Waals surface area contributed by atoms with Crippen LogP contribution >= 0.6 is 12.4 Å². The monoisotopic (exact) mass is 340 g/mol. The number of aliphatic hydroxyl groups excluding tert-OH is 1. The number of aliphatic hydroxyl groups is 1. The molecule has 0 bridgehead atoms. The molecule has 0 radical (unpaired) electrons. The molecule has 2 aliphatic rings. The van der Waals surface area contributed by atoms with Gasteiger partial charge in [0.2, 0.25) is 5.91 Å². The lowest BCUT2D eigenvalue weighted by Gasteiger charge is -2.28. The fourth-order valence-corrected chi connectivity index (χ4v) is 3.13. The molecule has 3 rings (SSSR count). The van der Waals surface area contributed by atoms with Crippen LogP contribution in [0.3, 0.4) is 0 Å². The second-order valence-electron chi connectivity index (χ2n) is 6.21. The molecule has 0 spiro atoms. The number of hydrogen-bond donors (Lipinski definition) is 3. The van der Waals surface area contributed by atoms with Crippen molar-refractivity contribution in [3.63, 3.8) is 0 Å². The van der Waals surface area contributed by atoms with Crippen LogP contribution in [-0.2, 0) is 4.79 Å². The highest BCUT2D eigenvalue weighted by Crippen LogP contribution is 2.25. The maximum atomic E-state index is 12.0. The van der Waals surface area contributed by atoms with Gasteiger partial charge in [0, 0.05) is 12.2 Å². The Bertz CT molecular complexity index is 503. The first-order valence-corrected chi connectivity index (χ1v) is 8.19. The number of rotatable bonds is 4. The fraction of sp³-hybridized carbons (Fsp3) is 0.588. The molecule has 23 heavy (non-hydrogen) atoms. The summed E-state index contributed by atoms with van der Waals surface area (Å²) in [7, 11) is 0. The normalized spacial score (nSPS) is 27.1. The predicted octanol–water partition coefficient (Wildman–Crippen LogP) is 2.34. The van der Waals surface area contributed by atoms with Gasteiger partial charge < -0.3 is 20.5 Å². The van der Waals surface area contributed by atoms with Gasteiger partial charge in [-0.15, -0.1) is 12.4 Å². The third-order valence-corrected chi connectivity index (χ3v) is 4.51. The number of ether oxygens (including phenoxy) is 1. The first kappa shape index (κ1) is 18.0. The zero-order valence-corrected chi connectivity index (χ0v) is 14.0. The van der Waals surface area contributed by atoms with Gasteiger partial charge in [-0.3, -0.25) is 4.79 Å². The molecule has 1 aromatic carbocycles. The Kier molecular flexibility index (Phi) is 6.69. The van der Waals surface area contributed by atoms with Crippen LogP contribution in [0.4, 0.5) is 5.69 Å².